The van der Waals surface area contributed by atoms with Crippen molar-refractivity contribution in [3.8, 4) is 11.8 Å². The van der Waals surface area contributed by atoms with E-state index in [-0.39, 0.29) is 26.7 Å². The number of benzene rings is 1. The Bertz CT molecular complexity index is 1680. The number of hydrogen-bond acceptors (Lipinski definition) is 7. The van der Waals surface area contributed by atoms with Crippen molar-refractivity contribution >= 4 is 51.8 Å². The zero-order valence-corrected chi connectivity index (χ0v) is 23.2. The molecule has 194 valence electrons. The summed E-state index contributed by atoms with van der Waals surface area (Å²) in [4.78, 5) is 44.0. The molecule has 2 fully saturated rings. The van der Waals surface area contributed by atoms with Crippen LogP contribution in [0.15, 0.2) is 44.8 Å². The SMILES string of the molecule is Cc1c(/C=C2/SC(=S)N(c3c(C)n(C)n(-c4ccccc4)c3=O)C2=O)c(N2CCCC2)n(C)c(=O)c1C#N. The molecule has 0 bridgehead atoms. The molecule has 0 atom stereocenters. The normalized spacial score (nSPS) is 16.7. The van der Waals surface area contributed by atoms with Crippen molar-refractivity contribution in [2.24, 2.45) is 14.1 Å². The van der Waals surface area contributed by atoms with E-state index >= 15 is 0 Å². The maximum Gasteiger partial charge on any atom is 0.296 e. The summed E-state index contributed by atoms with van der Waals surface area (Å²) in [6, 6.07) is 11.2. The van der Waals surface area contributed by atoms with Crippen molar-refractivity contribution in [2.75, 3.05) is 22.9 Å². The predicted octanol–water partition coefficient (Wildman–Crippen LogP) is 3.37. The van der Waals surface area contributed by atoms with Crippen molar-refractivity contribution in [1.82, 2.24) is 13.9 Å². The van der Waals surface area contributed by atoms with Crippen LogP contribution in [0.5, 0.6) is 0 Å². The number of hydrogen-bond donors (Lipinski definition) is 0. The van der Waals surface area contributed by atoms with Crippen LogP contribution in [0.4, 0.5) is 11.5 Å². The molecule has 0 radical (unpaired) electrons. The smallest absolute Gasteiger partial charge is 0.296 e. The summed E-state index contributed by atoms with van der Waals surface area (Å²) in [6.45, 7) is 5.07. The first-order chi connectivity index (χ1) is 18.2. The highest BCUT2D eigenvalue weighted by molar-refractivity contribution is 8.27. The number of carbonyl (C=O) groups excluding carboxylic acids is 1. The van der Waals surface area contributed by atoms with E-state index in [1.807, 2.05) is 36.4 Å². The maximum absolute atomic E-state index is 13.8. The molecule has 0 unspecified atom stereocenters. The summed E-state index contributed by atoms with van der Waals surface area (Å²) in [6.07, 6.45) is 3.70. The third-order valence-corrected chi connectivity index (χ3v) is 8.49. The molecule has 1 aromatic carbocycles. The molecule has 5 rings (SSSR count). The third kappa shape index (κ3) is 3.92. The molecule has 0 N–H and O–H groups in total. The van der Waals surface area contributed by atoms with Gasteiger partial charge >= 0.3 is 0 Å². The predicted molar refractivity (Wildman–Crippen MR) is 154 cm³/mol. The first kappa shape index (κ1) is 25.8. The number of rotatable bonds is 4. The van der Waals surface area contributed by atoms with E-state index in [1.54, 1.807) is 38.7 Å². The summed E-state index contributed by atoms with van der Waals surface area (Å²) in [5.74, 6) is 0.265. The molecule has 2 aliphatic rings. The number of anilines is 2. The molecule has 0 saturated carbocycles. The number of nitrogens with zero attached hydrogens (tertiary/aromatic N) is 6. The molecule has 11 heteroatoms. The van der Waals surface area contributed by atoms with Crippen molar-refractivity contribution in [3.63, 3.8) is 0 Å². The minimum absolute atomic E-state index is 0.0434. The second-order valence-electron chi connectivity index (χ2n) is 9.33. The molecule has 2 saturated heterocycles. The van der Waals surface area contributed by atoms with Crippen LogP contribution >= 0.6 is 24.0 Å². The summed E-state index contributed by atoms with van der Waals surface area (Å²) < 4.78 is 4.95. The van der Waals surface area contributed by atoms with Gasteiger partial charge < -0.3 is 4.90 Å². The van der Waals surface area contributed by atoms with Crippen molar-refractivity contribution < 1.29 is 4.79 Å². The molecule has 0 aliphatic carbocycles. The van der Waals surface area contributed by atoms with E-state index in [1.165, 1.54) is 14.1 Å². The monoisotopic (exact) mass is 546 g/mol. The number of para-hydroxylation sites is 1. The number of thiocarbonyl (C=S) groups is 1. The van der Waals surface area contributed by atoms with E-state index in [9.17, 15) is 19.6 Å². The zero-order chi connectivity index (χ0) is 27.3. The Morgan fingerprint density at radius 3 is 2.32 bits per heavy atom. The van der Waals surface area contributed by atoms with Crippen molar-refractivity contribution in [3.05, 3.63) is 78.3 Å². The number of thioether (sulfide) groups is 1. The number of amides is 1. The Labute approximate surface area is 229 Å². The highest BCUT2D eigenvalue weighted by atomic mass is 32.2. The van der Waals surface area contributed by atoms with Gasteiger partial charge in [-0.2, -0.15) is 5.26 Å². The van der Waals surface area contributed by atoms with Crippen LogP contribution in [0.2, 0.25) is 0 Å². The fourth-order valence-corrected chi connectivity index (χ4v) is 6.38. The maximum atomic E-state index is 13.8. The van der Waals surface area contributed by atoms with Gasteiger partial charge in [0, 0.05) is 32.7 Å². The van der Waals surface area contributed by atoms with Crippen LogP contribution in [-0.2, 0) is 18.9 Å². The second kappa shape index (κ2) is 9.78. The first-order valence-corrected chi connectivity index (χ1v) is 13.4. The molecular formula is C27H26N6O3S2. The van der Waals surface area contributed by atoms with Crippen LogP contribution in [0.1, 0.15) is 35.2 Å². The first-order valence-electron chi connectivity index (χ1n) is 12.2. The van der Waals surface area contributed by atoms with E-state index in [2.05, 4.69) is 4.90 Å². The van der Waals surface area contributed by atoms with Gasteiger partial charge in [0.1, 0.15) is 23.1 Å². The Balaban J connectivity index is 1.65. The van der Waals surface area contributed by atoms with E-state index in [4.69, 9.17) is 12.2 Å². The second-order valence-corrected chi connectivity index (χ2v) is 11.0. The molecule has 2 aliphatic heterocycles. The minimum atomic E-state index is -0.412. The summed E-state index contributed by atoms with van der Waals surface area (Å²) in [5, 5.41) is 9.70. The lowest BCUT2D eigenvalue weighted by molar-refractivity contribution is -0.113. The van der Waals surface area contributed by atoms with Crippen LogP contribution in [0, 0.1) is 25.2 Å². The van der Waals surface area contributed by atoms with Gasteiger partial charge in [-0.3, -0.25) is 28.5 Å². The molecule has 2 aromatic heterocycles. The topological polar surface area (TPSA) is 96.3 Å². The fourth-order valence-electron chi connectivity index (χ4n) is 5.13. The van der Waals surface area contributed by atoms with E-state index in [0.717, 1.165) is 37.7 Å². The number of pyridine rings is 1. The van der Waals surface area contributed by atoms with Crippen LogP contribution in [0.25, 0.3) is 11.8 Å². The minimum Gasteiger partial charge on any atom is -0.357 e. The average molecular weight is 547 g/mol. The zero-order valence-electron chi connectivity index (χ0n) is 21.5. The van der Waals surface area contributed by atoms with Crippen molar-refractivity contribution in [2.45, 2.75) is 26.7 Å². The standard InChI is InChI=1S/C27H26N6O3S2/c1-16-19(23(31-12-8-9-13-31)29(3)24(34)20(16)15-28)14-21-25(35)32(27(37)38-21)22-17(2)30(4)33(26(22)36)18-10-6-5-7-11-18/h5-7,10-11,14H,8-9,12-13H2,1-4H3/b21-14+. The highest BCUT2D eigenvalue weighted by Gasteiger charge is 2.38. The lowest BCUT2D eigenvalue weighted by Gasteiger charge is -2.25. The largest absolute Gasteiger partial charge is 0.357 e. The van der Waals surface area contributed by atoms with Gasteiger partial charge in [-0.05, 0) is 50.5 Å². The molecular weight excluding hydrogens is 520 g/mol. The number of aromatic nitrogens is 3. The third-order valence-electron chi connectivity index (χ3n) is 7.19. The van der Waals surface area contributed by atoms with Gasteiger partial charge in [0.2, 0.25) is 0 Å². The molecule has 9 nitrogen and oxygen atoms in total. The number of nitriles is 1. The summed E-state index contributed by atoms with van der Waals surface area (Å²) in [5.41, 5.74) is 1.96. The highest BCUT2D eigenvalue weighted by Crippen LogP contribution is 2.38. The van der Waals surface area contributed by atoms with Gasteiger partial charge in [-0.25, -0.2) is 4.68 Å². The van der Waals surface area contributed by atoms with Crippen LogP contribution in [0.3, 0.4) is 0 Å². The van der Waals surface area contributed by atoms with Gasteiger partial charge in [-0.15, -0.1) is 0 Å². The van der Waals surface area contributed by atoms with Gasteiger partial charge in [0.15, 0.2) is 4.32 Å². The summed E-state index contributed by atoms with van der Waals surface area (Å²) in [7, 11) is 3.42. The Kier molecular flexibility index (Phi) is 6.63. The van der Waals surface area contributed by atoms with Gasteiger partial charge in [0.25, 0.3) is 17.0 Å². The fraction of sp³-hybridized carbons (Fsp3) is 0.296. The lowest BCUT2D eigenvalue weighted by Crippen LogP contribution is -2.33. The quantitative estimate of drug-likeness (QED) is 0.366. The Hall–Kier alpha value is -3.88. The Morgan fingerprint density at radius 2 is 1.68 bits per heavy atom. The Morgan fingerprint density at radius 1 is 1.03 bits per heavy atom. The molecule has 38 heavy (non-hydrogen) atoms. The van der Waals surface area contributed by atoms with Gasteiger partial charge in [-0.1, -0.05) is 42.2 Å². The van der Waals surface area contributed by atoms with Crippen molar-refractivity contribution in [1.29, 1.82) is 5.26 Å². The molecule has 3 aromatic rings. The number of carbonyl (C=O) groups is 1. The van der Waals surface area contributed by atoms with Gasteiger partial charge in [0.05, 0.1) is 16.3 Å². The molecule has 0 spiro atoms. The average Bonchev–Trinajstić information content (AvgIpc) is 3.58. The molecule has 1 amide bonds. The van der Waals surface area contributed by atoms with E-state index < -0.39 is 5.91 Å². The molecule has 4 heterocycles. The summed E-state index contributed by atoms with van der Waals surface area (Å²) >= 11 is 6.71. The van der Waals surface area contributed by atoms with Crippen LogP contribution in [-0.4, -0.2) is 37.2 Å². The lowest BCUT2D eigenvalue weighted by atomic mass is 10.0. The van der Waals surface area contributed by atoms with E-state index in [0.29, 0.717) is 33.2 Å². The van der Waals surface area contributed by atoms with Crippen LogP contribution < -0.4 is 20.9 Å².